The van der Waals surface area contributed by atoms with Gasteiger partial charge in [0.2, 0.25) is 5.65 Å². The molecule has 10 heteroatoms. The second-order valence-electron chi connectivity index (χ2n) is 8.72. The van der Waals surface area contributed by atoms with Gasteiger partial charge in [-0.05, 0) is 67.6 Å². The van der Waals surface area contributed by atoms with Crippen molar-refractivity contribution >= 4 is 40.7 Å². The van der Waals surface area contributed by atoms with Gasteiger partial charge in [0.25, 0.3) is 11.5 Å². The highest BCUT2D eigenvalue weighted by atomic mass is 35.5. The standard InChI is InChI=1S/C24H22FN5O3.ClH/c1-13-10-20-18(12-17(13)24(32)29-7-4-15-11-16(25)2-3-19(15)29)26-23(31)22-28-27-21(30(20)22)14-5-8-33-9-6-14;/h2-3,10-12,14H,4-9H2,1H3,(H,26,31);1H. The van der Waals surface area contributed by atoms with E-state index in [0.29, 0.717) is 37.3 Å². The lowest BCUT2D eigenvalue weighted by molar-refractivity contribution is 0.0834. The quantitative estimate of drug-likeness (QED) is 0.471. The van der Waals surface area contributed by atoms with Crippen LogP contribution >= 0.6 is 12.4 Å². The second-order valence-corrected chi connectivity index (χ2v) is 8.72. The van der Waals surface area contributed by atoms with Crippen LogP contribution in [0.4, 0.5) is 10.1 Å². The summed E-state index contributed by atoms with van der Waals surface area (Å²) in [6.45, 7) is 3.67. The first-order valence-electron chi connectivity index (χ1n) is 11.1. The van der Waals surface area contributed by atoms with E-state index >= 15 is 0 Å². The van der Waals surface area contributed by atoms with E-state index in [1.165, 1.54) is 12.1 Å². The molecule has 1 N–H and O–H groups in total. The molecule has 0 saturated carbocycles. The highest BCUT2D eigenvalue weighted by molar-refractivity contribution is 6.09. The van der Waals surface area contributed by atoms with Crippen LogP contribution in [0.15, 0.2) is 35.1 Å². The van der Waals surface area contributed by atoms with E-state index in [0.717, 1.165) is 41.0 Å². The highest BCUT2D eigenvalue weighted by Crippen LogP contribution is 2.32. The molecule has 2 aliphatic heterocycles. The Labute approximate surface area is 200 Å². The van der Waals surface area contributed by atoms with E-state index < -0.39 is 0 Å². The maximum atomic E-state index is 13.6. The predicted molar refractivity (Wildman–Crippen MR) is 128 cm³/mol. The normalized spacial score (nSPS) is 16.1. The molecule has 0 radical (unpaired) electrons. The summed E-state index contributed by atoms with van der Waals surface area (Å²) < 4.78 is 20.9. The first kappa shape index (κ1) is 22.5. The molecule has 0 aliphatic carbocycles. The molecule has 0 bridgehead atoms. The number of amides is 1. The number of ether oxygens (including phenoxy) is 1. The van der Waals surface area contributed by atoms with Crippen molar-refractivity contribution < 1.29 is 13.9 Å². The Kier molecular flexibility index (Phi) is 5.61. The van der Waals surface area contributed by atoms with E-state index in [1.54, 1.807) is 17.0 Å². The zero-order valence-electron chi connectivity index (χ0n) is 18.5. The van der Waals surface area contributed by atoms with Crippen molar-refractivity contribution in [3.8, 4) is 0 Å². The maximum Gasteiger partial charge on any atom is 0.294 e. The first-order chi connectivity index (χ1) is 16.0. The van der Waals surface area contributed by atoms with Crippen LogP contribution in [0, 0.1) is 12.7 Å². The minimum atomic E-state index is -0.349. The molecule has 2 aromatic carbocycles. The number of anilines is 1. The van der Waals surface area contributed by atoms with Gasteiger partial charge in [0.15, 0.2) is 0 Å². The van der Waals surface area contributed by atoms with Crippen LogP contribution < -0.4 is 10.5 Å². The molecule has 176 valence electrons. The highest BCUT2D eigenvalue weighted by Gasteiger charge is 2.28. The minimum Gasteiger partial charge on any atom is -0.381 e. The van der Waals surface area contributed by atoms with Gasteiger partial charge in [-0.25, -0.2) is 4.39 Å². The van der Waals surface area contributed by atoms with Crippen molar-refractivity contribution in [2.45, 2.75) is 32.1 Å². The summed E-state index contributed by atoms with van der Waals surface area (Å²) >= 11 is 0. The molecule has 2 aromatic heterocycles. The monoisotopic (exact) mass is 483 g/mol. The summed E-state index contributed by atoms with van der Waals surface area (Å²) in [5.74, 6) is 0.426. The molecule has 2 aliphatic rings. The number of nitrogens with one attached hydrogen (secondary N) is 1. The molecule has 0 unspecified atom stereocenters. The molecule has 4 heterocycles. The molecule has 34 heavy (non-hydrogen) atoms. The van der Waals surface area contributed by atoms with E-state index in [9.17, 15) is 14.0 Å². The number of carbonyl (C=O) groups is 1. The number of H-pyrrole nitrogens is 1. The summed E-state index contributed by atoms with van der Waals surface area (Å²) in [5.41, 5.74) is 4.03. The zero-order chi connectivity index (χ0) is 22.7. The van der Waals surface area contributed by atoms with Gasteiger partial charge in [-0.3, -0.25) is 14.0 Å². The Morgan fingerprint density at radius 2 is 1.97 bits per heavy atom. The van der Waals surface area contributed by atoms with Gasteiger partial charge in [0.05, 0.1) is 11.0 Å². The average Bonchev–Trinajstić information content (AvgIpc) is 3.44. The molecule has 8 nitrogen and oxygen atoms in total. The lowest BCUT2D eigenvalue weighted by atomic mass is 9.99. The summed E-state index contributed by atoms with van der Waals surface area (Å²) in [6, 6.07) is 8.13. The largest absolute Gasteiger partial charge is 0.381 e. The SMILES string of the molecule is Cc1cc2c(cc1C(=O)N1CCc3cc(F)ccc31)[nH]c(=O)c1nnc(C3CCOCC3)n12.Cl. The Morgan fingerprint density at radius 3 is 2.76 bits per heavy atom. The van der Waals surface area contributed by atoms with Gasteiger partial charge < -0.3 is 14.6 Å². The van der Waals surface area contributed by atoms with Gasteiger partial charge in [-0.1, -0.05) is 0 Å². The van der Waals surface area contributed by atoms with Crippen LogP contribution in [0.25, 0.3) is 16.7 Å². The minimum absolute atomic E-state index is 0. The van der Waals surface area contributed by atoms with Crippen LogP contribution in [-0.4, -0.2) is 45.2 Å². The fourth-order valence-corrected chi connectivity index (χ4v) is 5.01. The van der Waals surface area contributed by atoms with Crippen molar-refractivity contribution in [1.82, 2.24) is 19.6 Å². The number of hydrogen-bond donors (Lipinski definition) is 1. The molecule has 4 aromatic rings. The van der Waals surface area contributed by atoms with Crippen molar-refractivity contribution in [3.63, 3.8) is 0 Å². The molecule has 1 amide bonds. The third kappa shape index (κ3) is 3.47. The van der Waals surface area contributed by atoms with Gasteiger partial charge in [-0.15, -0.1) is 22.6 Å². The van der Waals surface area contributed by atoms with E-state index in [-0.39, 0.29) is 41.3 Å². The van der Waals surface area contributed by atoms with Gasteiger partial charge in [0.1, 0.15) is 11.6 Å². The Balaban J connectivity index is 0.00000241. The van der Waals surface area contributed by atoms with Crippen molar-refractivity contribution in [2.75, 3.05) is 24.7 Å². The number of halogens is 2. The number of nitrogens with zero attached hydrogens (tertiary/aromatic N) is 4. The van der Waals surface area contributed by atoms with Crippen LogP contribution in [0.2, 0.25) is 0 Å². The van der Waals surface area contributed by atoms with Gasteiger partial charge in [-0.2, -0.15) is 0 Å². The molecular weight excluding hydrogens is 461 g/mol. The van der Waals surface area contributed by atoms with Crippen LogP contribution in [0.3, 0.4) is 0 Å². The molecular formula is C24H23ClFN5O3. The number of fused-ring (bicyclic) bond motifs is 4. The number of hydrogen-bond acceptors (Lipinski definition) is 5. The molecule has 0 spiro atoms. The molecule has 0 atom stereocenters. The van der Waals surface area contributed by atoms with Gasteiger partial charge in [0, 0.05) is 36.9 Å². The van der Waals surface area contributed by atoms with Crippen LogP contribution in [0.5, 0.6) is 0 Å². The lowest BCUT2D eigenvalue weighted by Crippen LogP contribution is -2.29. The summed E-state index contributed by atoms with van der Waals surface area (Å²) in [5, 5.41) is 8.49. The Hall–Kier alpha value is -3.30. The number of carbonyl (C=O) groups excluding carboxylic acids is 1. The third-order valence-corrected chi connectivity index (χ3v) is 6.72. The number of aryl methyl sites for hydroxylation is 1. The van der Waals surface area contributed by atoms with E-state index in [4.69, 9.17) is 4.74 Å². The fourth-order valence-electron chi connectivity index (χ4n) is 5.01. The van der Waals surface area contributed by atoms with Crippen molar-refractivity contribution in [1.29, 1.82) is 0 Å². The Bertz CT molecular complexity index is 1490. The second kappa shape index (κ2) is 8.48. The van der Waals surface area contributed by atoms with E-state index in [1.807, 2.05) is 17.4 Å². The lowest BCUT2D eigenvalue weighted by Gasteiger charge is -2.21. The Morgan fingerprint density at radius 1 is 1.18 bits per heavy atom. The number of aromatic nitrogens is 4. The number of aromatic amines is 1. The smallest absolute Gasteiger partial charge is 0.294 e. The topological polar surface area (TPSA) is 92.6 Å². The average molecular weight is 484 g/mol. The summed E-state index contributed by atoms with van der Waals surface area (Å²) in [7, 11) is 0. The molecule has 6 rings (SSSR count). The van der Waals surface area contributed by atoms with Crippen molar-refractivity contribution in [3.05, 3.63) is 69.0 Å². The number of benzene rings is 2. The maximum absolute atomic E-state index is 13.6. The first-order valence-corrected chi connectivity index (χ1v) is 11.1. The molecule has 1 saturated heterocycles. The summed E-state index contributed by atoms with van der Waals surface area (Å²) in [6.07, 6.45) is 2.25. The van der Waals surface area contributed by atoms with E-state index in [2.05, 4.69) is 15.2 Å². The zero-order valence-corrected chi connectivity index (χ0v) is 19.3. The third-order valence-electron chi connectivity index (χ3n) is 6.72. The summed E-state index contributed by atoms with van der Waals surface area (Å²) in [4.78, 5) is 30.8. The van der Waals surface area contributed by atoms with Crippen molar-refractivity contribution in [2.24, 2.45) is 0 Å². The number of rotatable bonds is 2. The van der Waals surface area contributed by atoms with Gasteiger partial charge >= 0.3 is 0 Å². The molecule has 1 fully saturated rings. The fraction of sp³-hybridized carbons (Fsp3) is 0.333. The van der Waals surface area contributed by atoms with Crippen LogP contribution in [0.1, 0.15) is 46.1 Å². The van der Waals surface area contributed by atoms with Crippen LogP contribution in [-0.2, 0) is 11.2 Å². The predicted octanol–water partition coefficient (Wildman–Crippen LogP) is 3.54.